The molecule has 5 nitrogen and oxygen atoms in total. The molecule has 2 rings (SSSR count). The lowest BCUT2D eigenvalue weighted by Gasteiger charge is -2.39. The first-order valence-electron chi connectivity index (χ1n) is 7.53. The second-order valence-corrected chi connectivity index (χ2v) is 7.25. The Morgan fingerprint density at radius 2 is 2.15 bits per heavy atom. The van der Waals surface area contributed by atoms with Crippen molar-refractivity contribution < 1.29 is 9.53 Å². The first kappa shape index (κ1) is 15.1. The van der Waals surface area contributed by atoms with Gasteiger partial charge in [-0.05, 0) is 39.0 Å². The van der Waals surface area contributed by atoms with Crippen LogP contribution in [-0.2, 0) is 4.74 Å². The van der Waals surface area contributed by atoms with Crippen LogP contribution in [0, 0.1) is 5.41 Å². The molecule has 2 aliphatic rings. The molecule has 1 N–H and O–H groups in total. The summed E-state index contributed by atoms with van der Waals surface area (Å²) in [5.41, 5.74) is -0.0324. The van der Waals surface area contributed by atoms with Crippen LogP contribution >= 0.6 is 0 Å². The van der Waals surface area contributed by atoms with Crippen molar-refractivity contribution in [2.75, 3.05) is 26.2 Å². The number of carbonyl (C=O) groups excluding carboxylic acids is 1. The molecule has 0 spiro atoms. The molecule has 0 radical (unpaired) electrons. The molecule has 114 valence electrons. The van der Waals surface area contributed by atoms with Gasteiger partial charge in [-0.2, -0.15) is 0 Å². The van der Waals surface area contributed by atoms with Crippen molar-refractivity contribution >= 4 is 11.9 Å². The number of hydrogen-bond donors (Lipinski definition) is 1. The average molecular weight is 281 g/mol. The number of nitrogens with one attached hydrogen (secondary N) is 1. The molecule has 1 aliphatic carbocycles. The van der Waals surface area contributed by atoms with Gasteiger partial charge < -0.3 is 10.1 Å². The number of amidine groups is 1. The van der Waals surface area contributed by atoms with Crippen molar-refractivity contribution in [3.63, 3.8) is 0 Å². The molecule has 5 heteroatoms. The fourth-order valence-corrected chi connectivity index (χ4v) is 2.48. The molecule has 1 heterocycles. The van der Waals surface area contributed by atoms with E-state index in [1.165, 1.54) is 19.3 Å². The van der Waals surface area contributed by atoms with Crippen LogP contribution in [-0.4, -0.2) is 48.6 Å². The Labute approximate surface area is 121 Å². The number of ether oxygens (including phenoxy) is 1. The van der Waals surface area contributed by atoms with Crippen LogP contribution in [0.1, 0.15) is 47.0 Å². The van der Waals surface area contributed by atoms with E-state index in [-0.39, 0.29) is 6.09 Å². The van der Waals surface area contributed by atoms with E-state index >= 15 is 0 Å². The van der Waals surface area contributed by atoms with E-state index in [9.17, 15) is 4.79 Å². The van der Waals surface area contributed by atoms with E-state index < -0.39 is 5.60 Å². The number of rotatable bonds is 2. The highest BCUT2D eigenvalue weighted by Gasteiger charge is 2.32. The number of aliphatic imine (C=N–C) groups is 1. The molecule has 1 saturated carbocycles. The Kier molecular flexibility index (Phi) is 4.25. The smallest absolute Gasteiger partial charge is 0.410 e. The molecule has 0 aromatic heterocycles. The van der Waals surface area contributed by atoms with E-state index in [1.54, 1.807) is 4.90 Å². The van der Waals surface area contributed by atoms with Crippen molar-refractivity contribution in [2.45, 2.75) is 52.6 Å². The maximum atomic E-state index is 12.0. The summed E-state index contributed by atoms with van der Waals surface area (Å²) >= 11 is 0. The van der Waals surface area contributed by atoms with E-state index in [2.05, 4.69) is 17.2 Å². The highest BCUT2D eigenvalue weighted by Crippen LogP contribution is 2.39. The molecular weight excluding hydrogens is 254 g/mol. The van der Waals surface area contributed by atoms with Gasteiger partial charge in [0.1, 0.15) is 11.4 Å². The molecule has 20 heavy (non-hydrogen) atoms. The lowest BCUT2D eigenvalue weighted by molar-refractivity contribution is 0.0276. The van der Waals surface area contributed by atoms with Crippen LogP contribution in [0.25, 0.3) is 0 Å². The second kappa shape index (κ2) is 5.62. The zero-order chi connectivity index (χ0) is 14.8. The maximum absolute atomic E-state index is 12.0. The Bertz CT molecular complexity index is 394. The van der Waals surface area contributed by atoms with E-state index in [0.717, 1.165) is 12.4 Å². The van der Waals surface area contributed by atoms with Crippen LogP contribution in [0.4, 0.5) is 4.79 Å². The molecular formula is C15H27N3O2. The Balaban J connectivity index is 1.81. The largest absolute Gasteiger partial charge is 0.444 e. The summed E-state index contributed by atoms with van der Waals surface area (Å²) in [5, 5.41) is 3.41. The second-order valence-electron chi connectivity index (χ2n) is 7.25. The van der Waals surface area contributed by atoms with Crippen molar-refractivity contribution in [2.24, 2.45) is 10.4 Å². The fraction of sp³-hybridized carbons (Fsp3) is 0.867. The summed E-state index contributed by atoms with van der Waals surface area (Å²) in [6.07, 6.45) is 3.64. The summed E-state index contributed by atoms with van der Waals surface area (Å²) in [6, 6.07) is 0. The van der Waals surface area contributed by atoms with Crippen molar-refractivity contribution in [1.82, 2.24) is 10.2 Å². The summed E-state index contributed by atoms with van der Waals surface area (Å²) in [6.45, 7) is 10.7. The van der Waals surface area contributed by atoms with Crippen LogP contribution < -0.4 is 5.32 Å². The Morgan fingerprint density at radius 3 is 2.70 bits per heavy atom. The van der Waals surface area contributed by atoms with Crippen LogP contribution in [0.2, 0.25) is 0 Å². The third-order valence-corrected chi connectivity index (χ3v) is 3.94. The van der Waals surface area contributed by atoms with Crippen molar-refractivity contribution in [1.29, 1.82) is 0 Å². The Hall–Kier alpha value is -1.26. The summed E-state index contributed by atoms with van der Waals surface area (Å²) in [7, 11) is 0. The first-order chi connectivity index (χ1) is 9.27. The SMILES string of the molecule is CC1(CNC2=NCCN(C(=O)OC(C)(C)C)C2)CCC1. The van der Waals surface area contributed by atoms with Crippen molar-refractivity contribution in [3.05, 3.63) is 0 Å². The third kappa shape index (κ3) is 4.12. The molecule has 1 amide bonds. The molecule has 0 aromatic rings. The highest BCUT2D eigenvalue weighted by molar-refractivity contribution is 5.87. The van der Waals surface area contributed by atoms with Gasteiger partial charge >= 0.3 is 6.09 Å². The minimum absolute atomic E-state index is 0.249. The van der Waals surface area contributed by atoms with Crippen LogP contribution in [0.3, 0.4) is 0 Å². The highest BCUT2D eigenvalue weighted by atomic mass is 16.6. The normalized spacial score (nSPS) is 21.8. The number of hydrogen-bond acceptors (Lipinski definition) is 4. The van der Waals surface area contributed by atoms with Gasteiger partial charge in [0, 0.05) is 13.1 Å². The molecule has 0 bridgehead atoms. The van der Waals surface area contributed by atoms with Gasteiger partial charge in [0.2, 0.25) is 0 Å². The average Bonchev–Trinajstić information content (AvgIpc) is 2.32. The summed E-state index contributed by atoms with van der Waals surface area (Å²) < 4.78 is 5.41. The zero-order valence-electron chi connectivity index (χ0n) is 13.2. The minimum atomic E-state index is -0.446. The van der Waals surface area contributed by atoms with Crippen LogP contribution in [0.5, 0.6) is 0 Å². The van der Waals surface area contributed by atoms with Crippen molar-refractivity contribution in [3.8, 4) is 0 Å². The fourth-order valence-electron chi connectivity index (χ4n) is 2.48. The standard InChI is InChI=1S/C15H27N3O2/c1-14(2,3)20-13(19)18-9-8-16-12(10-18)17-11-15(4)6-5-7-15/h5-11H2,1-4H3,(H,16,17). The van der Waals surface area contributed by atoms with Gasteiger partial charge in [-0.1, -0.05) is 13.3 Å². The van der Waals surface area contributed by atoms with E-state index in [0.29, 0.717) is 25.0 Å². The van der Waals surface area contributed by atoms with Gasteiger partial charge in [-0.3, -0.25) is 9.89 Å². The molecule has 0 aromatic carbocycles. The molecule has 0 atom stereocenters. The molecule has 1 fully saturated rings. The molecule has 0 saturated heterocycles. The first-order valence-corrected chi connectivity index (χ1v) is 7.53. The predicted molar refractivity (Wildman–Crippen MR) is 80.1 cm³/mol. The van der Waals surface area contributed by atoms with Gasteiger partial charge in [0.15, 0.2) is 0 Å². The lowest BCUT2D eigenvalue weighted by atomic mass is 9.70. The van der Waals surface area contributed by atoms with Gasteiger partial charge in [-0.25, -0.2) is 4.79 Å². The molecule has 0 unspecified atom stereocenters. The van der Waals surface area contributed by atoms with Crippen LogP contribution in [0.15, 0.2) is 4.99 Å². The topological polar surface area (TPSA) is 53.9 Å². The van der Waals surface area contributed by atoms with E-state index in [4.69, 9.17) is 4.74 Å². The summed E-state index contributed by atoms with van der Waals surface area (Å²) in [4.78, 5) is 18.3. The minimum Gasteiger partial charge on any atom is -0.444 e. The third-order valence-electron chi connectivity index (χ3n) is 3.94. The van der Waals surface area contributed by atoms with Gasteiger partial charge in [-0.15, -0.1) is 0 Å². The maximum Gasteiger partial charge on any atom is 0.410 e. The van der Waals surface area contributed by atoms with Gasteiger partial charge in [0.25, 0.3) is 0 Å². The predicted octanol–water partition coefficient (Wildman–Crippen LogP) is 2.42. The lowest BCUT2D eigenvalue weighted by Crippen LogP contribution is -2.49. The Morgan fingerprint density at radius 1 is 1.45 bits per heavy atom. The van der Waals surface area contributed by atoms with E-state index in [1.807, 2.05) is 20.8 Å². The van der Waals surface area contributed by atoms with Gasteiger partial charge in [0.05, 0.1) is 13.1 Å². The summed E-state index contributed by atoms with van der Waals surface area (Å²) in [5.74, 6) is 0.912. The zero-order valence-corrected chi connectivity index (χ0v) is 13.2. The number of amides is 1. The monoisotopic (exact) mass is 281 g/mol. The quantitative estimate of drug-likeness (QED) is 0.845. The number of carbonyl (C=O) groups is 1. The number of nitrogens with zero attached hydrogens (tertiary/aromatic N) is 2. The molecule has 1 aliphatic heterocycles.